The van der Waals surface area contributed by atoms with Crippen molar-refractivity contribution < 1.29 is 5.11 Å². The van der Waals surface area contributed by atoms with Gasteiger partial charge in [-0.3, -0.25) is 0 Å². The van der Waals surface area contributed by atoms with Crippen LogP contribution in [0.4, 0.5) is 5.69 Å². The van der Waals surface area contributed by atoms with Crippen LogP contribution in [-0.2, 0) is 0 Å². The molecule has 0 radical (unpaired) electrons. The van der Waals surface area contributed by atoms with Gasteiger partial charge in [-0.25, -0.2) is 0 Å². The Hall–Kier alpha value is -2.15. The zero-order chi connectivity index (χ0) is 13.7. The third kappa shape index (κ3) is 1.59. The van der Waals surface area contributed by atoms with E-state index in [-0.39, 0.29) is 5.75 Å². The molecule has 1 saturated carbocycles. The molecule has 20 heavy (non-hydrogen) atoms. The molecular formula is C13H13N5OS. The molecule has 6 nitrogen and oxygen atoms in total. The molecule has 1 aliphatic carbocycles. The number of aromatic hydroxyl groups is 1. The van der Waals surface area contributed by atoms with E-state index in [4.69, 9.17) is 5.73 Å². The predicted octanol–water partition coefficient (Wildman–Crippen LogP) is 2.41. The summed E-state index contributed by atoms with van der Waals surface area (Å²) in [5.74, 6) is 1.47. The lowest BCUT2D eigenvalue weighted by atomic mass is 9.85. The average Bonchev–Trinajstić information content (AvgIpc) is 2.93. The Balaban J connectivity index is 1.84. The van der Waals surface area contributed by atoms with Crippen LogP contribution in [0.2, 0.25) is 0 Å². The fourth-order valence-electron chi connectivity index (χ4n) is 2.40. The third-order valence-electron chi connectivity index (χ3n) is 3.78. The van der Waals surface area contributed by atoms with Gasteiger partial charge in [0.1, 0.15) is 5.75 Å². The highest BCUT2D eigenvalue weighted by molar-refractivity contribution is 7.19. The number of benzene rings is 1. The third-order valence-corrected chi connectivity index (χ3v) is 4.72. The van der Waals surface area contributed by atoms with E-state index in [1.165, 1.54) is 17.8 Å². The second kappa shape index (κ2) is 4.17. The molecule has 2 aromatic heterocycles. The van der Waals surface area contributed by atoms with Crippen molar-refractivity contribution in [1.82, 2.24) is 19.8 Å². The van der Waals surface area contributed by atoms with Gasteiger partial charge in [-0.2, -0.15) is 9.61 Å². The molecule has 0 atom stereocenters. The molecule has 0 saturated heterocycles. The van der Waals surface area contributed by atoms with E-state index in [2.05, 4.69) is 15.3 Å². The van der Waals surface area contributed by atoms with Gasteiger partial charge in [0.2, 0.25) is 4.96 Å². The lowest BCUT2D eigenvalue weighted by Crippen LogP contribution is -2.12. The molecular weight excluding hydrogens is 274 g/mol. The summed E-state index contributed by atoms with van der Waals surface area (Å²) in [6.45, 7) is 0. The molecule has 1 aromatic carbocycles. The summed E-state index contributed by atoms with van der Waals surface area (Å²) < 4.78 is 1.80. The number of para-hydroxylation sites is 1. The molecule has 4 rings (SSSR count). The molecule has 0 spiro atoms. The summed E-state index contributed by atoms with van der Waals surface area (Å²) in [4.78, 5) is 0.753. The van der Waals surface area contributed by atoms with Crippen molar-refractivity contribution in [3.8, 4) is 16.3 Å². The van der Waals surface area contributed by atoms with Crippen molar-refractivity contribution in [3.63, 3.8) is 0 Å². The molecule has 102 valence electrons. The molecule has 2 heterocycles. The Morgan fingerprint density at radius 2 is 2.15 bits per heavy atom. The number of nitrogens with two attached hydrogens (primary N) is 1. The van der Waals surface area contributed by atoms with Gasteiger partial charge in [-0.1, -0.05) is 23.8 Å². The van der Waals surface area contributed by atoms with Crippen molar-refractivity contribution in [1.29, 1.82) is 0 Å². The van der Waals surface area contributed by atoms with Crippen LogP contribution in [0.3, 0.4) is 0 Å². The van der Waals surface area contributed by atoms with E-state index in [0.717, 1.165) is 23.6 Å². The highest BCUT2D eigenvalue weighted by Crippen LogP contribution is 2.39. The predicted molar refractivity (Wildman–Crippen MR) is 76.8 cm³/mol. The molecule has 0 bridgehead atoms. The second-order valence-corrected chi connectivity index (χ2v) is 5.99. The minimum Gasteiger partial charge on any atom is -0.505 e. The van der Waals surface area contributed by atoms with Crippen molar-refractivity contribution in [2.24, 2.45) is 0 Å². The number of anilines is 1. The molecule has 7 heteroatoms. The van der Waals surface area contributed by atoms with Crippen LogP contribution in [0, 0.1) is 0 Å². The molecule has 3 N–H and O–H groups in total. The monoisotopic (exact) mass is 287 g/mol. The average molecular weight is 287 g/mol. The van der Waals surface area contributed by atoms with Gasteiger partial charge < -0.3 is 10.8 Å². The molecule has 3 aromatic rings. The topological polar surface area (TPSA) is 89.3 Å². The first kappa shape index (κ1) is 11.7. The van der Waals surface area contributed by atoms with Crippen LogP contribution in [0.25, 0.3) is 15.5 Å². The summed E-state index contributed by atoms with van der Waals surface area (Å²) in [6.07, 6.45) is 3.54. The fraction of sp³-hybridized carbons (Fsp3) is 0.308. The number of phenols is 1. The molecule has 0 aliphatic heterocycles. The quantitative estimate of drug-likeness (QED) is 0.558. The van der Waals surface area contributed by atoms with Gasteiger partial charge >= 0.3 is 0 Å². The van der Waals surface area contributed by atoms with Gasteiger partial charge in [0.25, 0.3) is 0 Å². The number of rotatable bonds is 2. The van der Waals surface area contributed by atoms with Gasteiger partial charge in [0, 0.05) is 5.92 Å². The van der Waals surface area contributed by atoms with Crippen LogP contribution < -0.4 is 5.73 Å². The summed E-state index contributed by atoms with van der Waals surface area (Å²) in [5.41, 5.74) is 6.72. The Kier molecular flexibility index (Phi) is 2.43. The number of nitrogen functional groups attached to an aromatic ring is 1. The summed E-state index contributed by atoms with van der Waals surface area (Å²) in [7, 11) is 0. The maximum absolute atomic E-state index is 10.0. The number of nitrogens with zero attached hydrogens (tertiary/aromatic N) is 4. The van der Waals surface area contributed by atoms with E-state index in [1.807, 2.05) is 0 Å². The van der Waals surface area contributed by atoms with Crippen molar-refractivity contribution in [2.75, 3.05) is 5.73 Å². The number of fused-ring (bicyclic) bond motifs is 1. The van der Waals surface area contributed by atoms with E-state index in [1.54, 1.807) is 22.7 Å². The number of hydrogen-bond donors (Lipinski definition) is 2. The lowest BCUT2D eigenvalue weighted by Gasteiger charge is -2.22. The SMILES string of the molecule is Nc1cccc(-c2nn3c(C4CCC4)nnc3s2)c1O. The van der Waals surface area contributed by atoms with Gasteiger partial charge in [0.05, 0.1) is 11.3 Å². The summed E-state index contributed by atoms with van der Waals surface area (Å²) >= 11 is 1.41. The Morgan fingerprint density at radius 3 is 2.90 bits per heavy atom. The maximum atomic E-state index is 10.0. The molecule has 0 unspecified atom stereocenters. The van der Waals surface area contributed by atoms with Crippen molar-refractivity contribution in [3.05, 3.63) is 24.0 Å². The molecule has 1 aliphatic rings. The summed E-state index contributed by atoms with van der Waals surface area (Å²) in [5, 5.41) is 23.7. The van der Waals surface area contributed by atoms with Gasteiger partial charge in [-0.15, -0.1) is 10.2 Å². The Bertz CT molecular complexity index is 789. The van der Waals surface area contributed by atoms with Crippen LogP contribution >= 0.6 is 11.3 Å². The van der Waals surface area contributed by atoms with Crippen LogP contribution in [-0.4, -0.2) is 24.9 Å². The van der Waals surface area contributed by atoms with E-state index in [0.29, 0.717) is 22.2 Å². The van der Waals surface area contributed by atoms with Gasteiger partial charge in [-0.05, 0) is 25.0 Å². The Labute approximate surface area is 118 Å². The van der Waals surface area contributed by atoms with Gasteiger partial charge in [0.15, 0.2) is 10.8 Å². The maximum Gasteiger partial charge on any atom is 0.234 e. The normalized spacial score (nSPS) is 15.6. The number of hydrogen-bond acceptors (Lipinski definition) is 6. The number of aromatic nitrogens is 4. The molecule has 0 amide bonds. The zero-order valence-electron chi connectivity index (χ0n) is 10.7. The van der Waals surface area contributed by atoms with Crippen molar-refractivity contribution in [2.45, 2.75) is 25.2 Å². The first-order valence-electron chi connectivity index (χ1n) is 6.54. The summed E-state index contributed by atoms with van der Waals surface area (Å²) in [6, 6.07) is 5.28. The van der Waals surface area contributed by atoms with Crippen molar-refractivity contribution >= 4 is 22.0 Å². The largest absolute Gasteiger partial charge is 0.505 e. The second-order valence-electron chi connectivity index (χ2n) is 5.03. The van der Waals surface area contributed by atoms with Crippen LogP contribution in [0.1, 0.15) is 31.0 Å². The van der Waals surface area contributed by atoms with E-state index < -0.39 is 0 Å². The zero-order valence-corrected chi connectivity index (χ0v) is 11.5. The van der Waals surface area contributed by atoms with E-state index >= 15 is 0 Å². The highest BCUT2D eigenvalue weighted by Gasteiger charge is 2.26. The first-order valence-corrected chi connectivity index (χ1v) is 7.35. The van der Waals surface area contributed by atoms with E-state index in [9.17, 15) is 5.11 Å². The standard InChI is InChI=1S/C13H13N5OS/c14-9-6-2-5-8(10(9)19)12-17-18-11(7-3-1-4-7)15-16-13(18)20-12/h2,5-7,19H,1,3-4,14H2. The minimum atomic E-state index is 0.0719. The molecule has 1 fully saturated rings. The fourth-order valence-corrected chi connectivity index (χ4v) is 3.27. The Morgan fingerprint density at radius 1 is 1.30 bits per heavy atom. The van der Waals surface area contributed by atoms with Crippen LogP contribution in [0.5, 0.6) is 5.75 Å². The lowest BCUT2D eigenvalue weighted by molar-refractivity contribution is 0.395. The minimum absolute atomic E-state index is 0.0719. The van der Waals surface area contributed by atoms with Crippen LogP contribution in [0.15, 0.2) is 18.2 Å². The smallest absolute Gasteiger partial charge is 0.234 e. The highest BCUT2D eigenvalue weighted by atomic mass is 32.1. The first-order chi connectivity index (χ1) is 9.74. The number of phenolic OH excluding ortho intramolecular Hbond substituents is 1.